The van der Waals surface area contributed by atoms with E-state index in [1.165, 1.54) is 6.07 Å². The van der Waals surface area contributed by atoms with Gasteiger partial charge in [0.05, 0.1) is 29.8 Å². The van der Waals surface area contributed by atoms with Crippen LogP contribution in [0.5, 0.6) is 0 Å². The van der Waals surface area contributed by atoms with Gasteiger partial charge in [-0.05, 0) is 31.5 Å². The number of nitrogens with zero attached hydrogens (tertiary/aromatic N) is 3. The highest BCUT2D eigenvalue weighted by Crippen LogP contribution is 2.25. The average Bonchev–Trinajstić information content (AvgIpc) is 2.68. The van der Waals surface area contributed by atoms with Crippen LogP contribution in [-0.4, -0.2) is 87.7 Å². The predicted octanol–water partition coefficient (Wildman–Crippen LogP) is 1.28. The van der Waals surface area contributed by atoms with Gasteiger partial charge in [-0.15, -0.1) is 0 Å². The summed E-state index contributed by atoms with van der Waals surface area (Å²) in [5.74, 6) is 0.521. The highest BCUT2D eigenvalue weighted by molar-refractivity contribution is 7.92. The van der Waals surface area contributed by atoms with E-state index in [0.717, 1.165) is 18.7 Å². The van der Waals surface area contributed by atoms with E-state index in [-0.39, 0.29) is 17.6 Å². The first-order valence-corrected chi connectivity index (χ1v) is 11.6. The maximum atomic E-state index is 13.9. The lowest BCUT2D eigenvalue weighted by molar-refractivity contribution is 0.0168. The predicted molar refractivity (Wildman–Crippen MR) is 112 cm³/mol. The number of ether oxygens (including phenoxy) is 1. The Morgan fingerprint density at radius 2 is 2.03 bits per heavy atom. The second-order valence-electron chi connectivity index (χ2n) is 8.15. The van der Waals surface area contributed by atoms with Crippen molar-refractivity contribution in [2.45, 2.75) is 24.6 Å². The highest BCUT2D eigenvalue weighted by atomic mass is 32.2. The Labute approximate surface area is 172 Å². The molecule has 0 spiro atoms. The van der Waals surface area contributed by atoms with Crippen LogP contribution in [0.25, 0.3) is 0 Å². The van der Waals surface area contributed by atoms with E-state index < -0.39 is 14.6 Å². The molecular formula is C20H31FN4O3S. The van der Waals surface area contributed by atoms with Crippen LogP contribution in [0.4, 0.5) is 4.39 Å². The number of aliphatic imine (C=N–C) groups is 1. The Kier molecular flexibility index (Phi) is 6.80. The van der Waals surface area contributed by atoms with E-state index in [1.54, 1.807) is 33.0 Å². The number of rotatable bonds is 4. The summed E-state index contributed by atoms with van der Waals surface area (Å²) >= 11 is 0. The zero-order valence-electron chi connectivity index (χ0n) is 17.4. The number of nitrogens with one attached hydrogen (secondary N) is 1. The molecule has 1 atom stereocenters. The van der Waals surface area contributed by atoms with Crippen molar-refractivity contribution in [3.05, 3.63) is 35.6 Å². The van der Waals surface area contributed by atoms with Crippen LogP contribution < -0.4 is 5.32 Å². The molecule has 2 saturated heterocycles. The first-order chi connectivity index (χ1) is 13.7. The monoisotopic (exact) mass is 426 g/mol. The van der Waals surface area contributed by atoms with Gasteiger partial charge >= 0.3 is 0 Å². The van der Waals surface area contributed by atoms with Crippen LogP contribution in [0.1, 0.15) is 25.5 Å². The third kappa shape index (κ3) is 5.07. The average molecular weight is 427 g/mol. The van der Waals surface area contributed by atoms with Gasteiger partial charge in [-0.2, -0.15) is 0 Å². The fourth-order valence-electron chi connectivity index (χ4n) is 3.91. The Balaban J connectivity index is 1.74. The SMILES string of the molecule is CN=C(NCC(c1cccc(F)c1)N1CCOCC1)N1CCS(=O)(=O)C(C)(C)C1. The topological polar surface area (TPSA) is 74.2 Å². The van der Waals surface area contributed by atoms with E-state index in [2.05, 4.69) is 15.2 Å². The molecule has 0 saturated carbocycles. The van der Waals surface area contributed by atoms with Crippen molar-refractivity contribution in [1.29, 1.82) is 0 Å². The second-order valence-corrected chi connectivity index (χ2v) is 10.9. The molecule has 1 unspecified atom stereocenters. The molecule has 1 aromatic carbocycles. The Morgan fingerprint density at radius 1 is 1.31 bits per heavy atom. The molecule has 29 heavy (non-hydrogen) atoms. The van der Waals surface area contributed by atoms with E-state index >= 15 is 0 Å². The van der Waals surface area contributed by atoms with Gasteiger partial charge in [0.2, 0.25) is 0 Å². The van der Waals surface area contributed by atoms with Gasteiger partial charge in [0.25, 0.3) is 0 Å². The third-order valence-corrected chi connectivity index (χ3v) is 8.26. The minimum absolute atomic E-state index is 0.0344. The number of guanidine groups is 1. The normalized spacial score (nSPS) is 23.6. The summed E-state index contributed by atoms with van der Waals surface area (Å²) < 4.78 is 43.1. The van der Waals surface area contributed by atoms with Gasteiger partial charge in [0.15, 0.2) is 15.8 Å². The quantitative estimate of drug-likeness (QED) is 0.578. The summed E-state index contributed by atoms with van der Waals surface area (Å²) in [5.41, 5.74) is 0.899. The molecule has 0 aromatic heterocycles. The molecule has 162 valence electrons. The molecule has 1 N–H and O–H groups in total. The maximum absolute atomic E-state index is 13.9. The molecule has 2 heterocycles. The molecule has 3 rings (SSSR count). The number of hydrogen-bond donors (Lipinski definition) is 1. The molecule has 0 bridgehead atoms. The zero-order valence-corrected chi connectivity index (χ0v) is 18.2. The van der Waals surface area contributed by atoms with Gasteiger partial charge in [-0.3, -0.25) is 9.89 Å². The fraction of sp³-hybridized carbons (Fsp3) is 0.650. The minimum atomic E-state index is -3.12. The number of sulfone groups is 1. The molecule has 0 radical (unpaired) electrons. The van der Waals surface area contributed by atoms with Gasteiger partial charge in [-0.1, -0.05) is 12.1 Å². The van der Waals surface area contributed by atoms with Crippen LogP contribution in [0.15, 0.2) is 29.3 Å². The van der Waals surface area contributed by atoms with Gasteiger partial charge in [-0.25, -0.2) is 12.8 Å². The van der Waals surface area contributed by atoms with Crippen LogP contribution in [0.2, 0.25) is 0 Å². The minimum Gasteiger partial charge on any atom is -0.379 e. The second kappa shape index (κ2) is 8.97. The lowest BCUT2D eigenvalue weighted by atomic mass is 10.0. The molecule has 7 nitrogen and oxygen atoms in total. The molecule has 0 aliphatic carbocycles. The summed E-state index contributed by atoms with van der Waals surface area (Å²) in [7, 11) is -1.42. The lowest BCUT2D eigenvalue weighted by Gasteiger charge is -2.40. The Bertz CT molecular complexity index is 838. The van der Waals surface area contributed by atoms with Gasteiger partial charge in [0, 0.05) is 39.8 Å². The molecule has 1 aromatic rings. The number of morpholine rings is 1. The maximum Gasteiger partial charge on any atom is 0.193 e. The summed E-state index contributed by atoms with van der Waals surface area (Å²) in [6, 6.07) is 6.65. The van der Waals surface area contributed by atoms with Gasteiger partial charge in [0.1, 0.15) is 5.82 Å². The van der Waals surface area contributed by atoms with E-state index in [9.17, 15) is 12.8 Å². The molecule has 0 amide bonds. The van der Waals surface area contributed by atoms with Crippen LogP contribution in [0, 0.1) is 5.82 Å². The van der Waals surface area contributed by atoms with Crippen molar-refractivity contribution >= 4 is 15.8 Å². The summed E-state index contributed by atoms with van der Waals surface area (Å²) in [5, 5.41) is 3.40. The Morgan fingerprint density at radius 3 is 2.66 bits per heavy atom. The fourth-order valence-corrected chi connectivity index (χ4v) is 5.27. The molecule has 9 heteroatoms. The van der Waals surface area contributed by atoms with Crippen LogP contribution in [0.3, 0.4) is 0 Å². The van der Waals surface area contributed by atoms with Crippen molar-refractivity contribution in [1.82, 2.24) is 15.1 Å². The first-order valence-electron chi connectivity index (χ1n) is 9.99. The van der Waals surface area contributed by atoms with E-state index in [1.807, 2.05) is 11.0 Å². The van der Waals surface area contributed by atoms with Crippen molar-refractivity contribution in [2.75, 3.05) is 58.7 Å². The van der Waals surface area contributed by atoms with Crippen LogP contribution in [-0.2, 0) is 14.6 Å². The number of hydrogen-bond acceptors (Lipinski definition) is 5. The number of halogens is 1. The summed E-state index contributed by atoms with van der Waals surface area (Å²) in [4.78, 5) is 8.64. The molecule has 2 fully saturated rings. The van der Waals surface area contributed by atoms with E-state index in [4.69, 9.17) is 4.74 Å². The van der Waals surface area contributed by atoms with Crippen molar-refractivity contribution in [2.24, 2.45) is 4.99 Å². The molecule has 2 aliphatic rings. The number of benzene rings is 1. The first kappa shape index (κ1) is 22.0. The van der Waals surface area contributed by atoms with Crippen LogP contribution >= 0.6 is 0 Å². The van der Waals surface area contributed by atoms with Crippen molar-refractivity contribution in [3.8, 4) is 0 Å². The van der Waals surface area contributed by atoms with E-state index in [0.29, 0.717) is 38.8 Å². The van der Waals surface area contributed by atoms with Crippen molar-refractivity contribution < 1.29 is 17.5 Å². The smallest absolute Gasteiger partial charge is 0.193 e. The zero-order chi connectivity index (χ0) is 21.1. The highest BCUT2D eigenvalue weighted by Gasteiger charge is 2.41. The van der Waals surface area contributed by atoms with Gasteiger partial charge < -0.3 is 15.0 Å². The van der Waals surface area contributed by atoms with Crippen molar-refractivity contribution in [3.63, 3.8) is 0 Å². The Hall–Kier alpha value is -1.71. The summed E-state index contributed by atoms with van der Waals surface area (Å²) in [6.45, 7) is 7.70. The standard InChI is InChI=1S/C20H31FN4O3S/c1-20(2)15-25(9-12-29(20,26)27)19(22-3)23-14-18(24-7-10-28-11-8-24)16-5-4-6-17(21)13-16/h4-6,13,18H,7-12,14-15H2,1-3H3,(H,22,23). The lowest BCUT2D eigenvalue weighted by Crippen LogP contribution is -2.58. The third-order valence-electron chi connectivity index (χ3n) is 5.73. The molecule has 2 aliphatic heterocycles. The largest absolute Gasteiger partial charge is 0.379 e. The molecular weight excluding hydrogens is 395 g/mol. The summed E-state index contributed by atoms with van der Waals surface area (Å²) in [6.07, 6.45) is 0.